The van der Waals surface area contributed by atoms with Crippen LogP contribution in [0.4, 0.5) is 0 Å². The van der Waals surface area contributed by atoms with Crippen molar-refractivity contribution in [2.45, 2.75) is 44.2 Å². The average Bonchev–Trinajstić information content (AvgIpc) is 3.18. The first-order valence-electron chi connectivity index (χ1n) is 8.39. The maximum absolute atomic E-state index is 12.8. The number of thioether (sulfide) groups is 1. The number of hydrogen-bond donors (Lipinski definition) is 1. The zero-order chi connectivity index (χ0) is 17.1. The second kappa shape index (κ2) is 7.38. The van der Waals surface area contributed by atoms with Gasteiger partial charge in [0.25, 0.3) is 11.8 Å². The van der Waals surface area contributed by atoms with E-state index < -0.39 is 6.04 Å². The molecule has 1 N–H and O–H groups in total. The number of hydrogen-bond acceptors (Lipinski definition) is 4. The number of imide groups is 1. The van der Waals surface area contributed by atoms with E-state index >= 15 is 0 Å². The number of nitrogens with one attached hydrogen (secondary N) is 1. The lowest BCUT2D eigenvalue weighted by molar-refractivity contribution is -0.125. The molecule has 1 atom stereocenters. The standard InChI is InChI=1S/C18H22N2O3S/c1-24-11-10-15(16(21)19-12-6-2-3-7-12)20-17(22)13-8-4-5-9-14(13)18(20)23/h4-5,8-9,12,15H,2-3,6-7,10-11H2,1H3,(H,19,21). The van der Waals surface area contributed by atoms with E-state index in [1.165, 1.54) is 0 Å². The largest absolute Gasteiger partial charge is 0.352 e. The Morgan fingerprint density at radius 3 is 2.33 bits per heavy atom. The van der Waals surface area contributed by atoms with Crippen molar-refractivity contribution in [2.24, 2.45) is 0 Å². The van der Waals surface area contributed by atoms with Crippen LogP contribution >= 0.6 is 11.8 Å². The Kier molecular flexibility index (Phi) is 5.23. The highest BCUT2D eigenvalue weighted by molar-refractivity contribution is 7.98. The fourth-order valence-electron chi connectivity index (χ4n) is 3.47. The molecule has 0 aromatic heterocycles. The second-order valence-corrected chi connectivity index (χ2v) is 7.30. The lowest BCUT2D eigenvalue weighted by Gasteiger charge is -2.26. The first-order chi connectivity index (χ1) is 11.6. The fraction of sp³-hybridized carbons (Fsp3) is 0.500. The van der Waals surface area contributed by atoms with Crippen molar-refractivity contribution in [2.75, 3.05) is 12.0 Å². The topological polar surface area (TPSA) is 66.5 Å². The molecule has 1 fully saturated rings. The minimum Gasteiger partial charge on any atom is -0.352 e. The van der Waals surface area contributed by atoms with Crippen LogP contribution in [-0.2, 0) is 4.79 Å². The smallest absolute Gasteiger partial charge is 0.262 e. The zero-order valence-electron chi connectivity index (χ0n) is 13.8. The molecule has 0 spiro atoms. The first-order valence-corrected chi connectivity index (χ1v) is 9.79. The van der Waals surface area contributed by atoms with Gasteiger partial charge < -0.3 is 5.32 Å². The molecule has 2 aliphatic rings. The van der Waals surface area contributed by atoms with Gasteiger partial charge in [0.1, 0.15) is 6.04 Å². The van der Waals surface area contributed by atoms with E-state index in [0.717, 1.165) is 36.3 Å². The summed E-state index contributed by atoms with van der Waals surface area (Å²) in [6.07, 6.45) is 6.62. The molecule has 0 saturated heterocycles. The van der Waals surface area contributed by atoms with Crippen LogP contribution in [-0.4, -0.2) is 46.7 Å². The summed E-state index contributed by atoms with van der Waals surface area (Å²) in [7, 11) is 0. The van der Waals surface area contributed by atoms with Crippen molar-refractivity contribution in [3.05, 3.63) is 35.4 Å². The van der Waals surface area contributed by atoms with Gasteiger partial charge in [-0.2, -0.15) is 11.8 Å². The van der Waals surface area contributed by atoms with Gasteiger partial charge >= 0.3 is 0 Å². The molecule has 0 radical (unpaired) electrons. The summed E-state index contributed by atoms with van der Waals surface area (Å²) in [5.41, 5.74) is 0.788. The maximum atomic E-state index is 12.8. The van der Waals surface area contributed by atoms with Crippen LogP contribution in [0, 0.1) is 0 Å². The number of carbonyl (C=O) groups excluding carboxylic acids is 3. The molecule has 3 rings (SSSR count). The molecular weight excluding hydrogens is 324 g/mol. The fourth-order valence-corrected chi connectivity index (χ4v) is 3.92. The van der Waals surface area contributed by atoms with Gasteiger partial charge in [-0.05, 0) is 43.4 Å². The summed E-state index contributed by atoms with van der Waals surface area (Å²) in [6, 6.07) is 6.22. The predicted octanol–water partition coefficient (Wildman–Crippen LogP) is 2.46. The van der Waals surface area contributed by atoms with Crippen molar-refractivity contribution in [1.29, 1.82) is 0 Å². The molecule has 1 aliphatic heterocycles. The highest BCUT2D eigenvalue weighted by atomic mass is 32.2. The minimum absolute atomic E-state index is 0.171. The Hall–Kier alpha value is -1.82. The van der Waals surface area contributed by atoms with E-state index in [-0.39, 0.29) is 23.8 Å². The van der Waals surface area contributed by atoms with E-state index in [0.29, 0.717) is 17.5 Å². The van der Waals surface area contributed by atoms with Gasteiger partial charge in [0.2, 0.25) is 5.91 Å². The van der Waals surface area contributed by atoms with Crippen molar-refractivity contribution >= 4 is 29.5 Å². The number of fused-ring (bicyclic) bond motifs is 1. The van der Waals surface area contributed by atoms with Gasteiger partial charge in [0.05, 0.1) is 11.1 Å². The average molecular weight is 346 g/mol. The molecule has 1 saturated carbocycles. The third-order valence-electron chi connectivity index (χ3n) is 4.74. The number of amides is 3. The van der Waals surface area contributed by atoms with E-state index in [1.807, 2.05) is 6.26 Å². The number of rotatable bonds is 6. The summed E-state index contributed by atoms with van der Waals surface area (Å²) in [6.45, 7) is 0. The van der Waals surface area contributed by atoms with E-state index in [9.17, 15) is 14.4 Å². The minimum atomic E-state index is -0.731. The first kappa shape index (κ1) is 17.0. The molecule has 0 bridgehead atoms. The number of nitrogens with zero attached hydrogens (tertiary/aromatic N) is 1. The second-order valence-electron chi connectivity index (χ2n) is 6.31. The van der Waals surface area contributed by atoms with Crippen LogP contribution in [0.2, 0.25) is 0 Å². The molecule has 1 aromatic rings. The number of carbonyl (C=O) groups is 3. The van der Waals surface area contributed by atoms with Gasteiger partial charge in [-0.3, -0.25) is 19.3 Å². The molecule has 1 unspecified atom stereocenters. The van der Waals surface area contributed by atoms with Crippen molar-refractivity contribution in [3.63, 3.8) is 0 Å². The highest BCUT2D eigenvalue weighted by Crippen LogP contribution is 2.27. The van der Waals surface area contributed by atoms with Gasteiger partial charge in [-0.25, -0.2) is 0 Å². The van der Waals surface area contributed by atoms with Crippen molar-refractivity contribution in [3.8, 4) is 0 Å². The third kappa shape index (κ3) is 3.20. The van der Waals surface area contributed by atoms with Gasteiger partial charge in [0.15, 0.2) is 0 Å². The highest BCUT2D eigenvalue weighted by Gasteiger charge is 2.42. The van der Waals surface area contributed by atoms with Crippen LogP contribution in [0.25, 0.3) is 0 Å². The van der Waals surface area contributed by atoms with Crippen LogP contribution in [0.15, 0.2) is 24.3 Å². The molecule has 128 valence electrons. The van der Waals surface area contributed by atoms with Crippen LogP contribution in [0.1, 0.15) is 52.8 Å². The van der Waals surface area contributed by atoms with E-state index in [1.54, 1.807) is 36.0 Å². The lowest BCUT2D eigenvalue weighted by atomic mass is 10.1. The van der Waals surface area contributed by atoms with Crippen molar-refractivity contribution in [1.82, 2.24) is 10.2 Å². The van der Waals surface area contributed by atoms with E-state index in [4.69, 9.17) is 0 Å². The van der Waals surface area contributed by atoms with Gasteiger partial charge in [0, 0.05) is 6.04 Å². The molecule has 1 aromatic carbocycles. The summed E-state index contributed by atoms with van der Waals surface area (Å²) < 4.78 is 0. The Balaban J connectivity index is 1.82. The molecule has 1 aliphatic carbocycles. The molecule has 5 nitrogen and oxygen atoms in total. The van der Waals surface area contributed by atoms with E-state index in [2.05, 4.69) is 5.32 Å². The summed E-state index contributed by atoms with van der Waals surface area (Å²) >= 11 is 1.61. The summed E-state index contributed by atoms with van der Waals surface area (Å²) in [4.78, 5) is 39.3. The zero-order valence-corrected chi connectivity index (χ0v) is 14.6. The summed E-state index contributed by atoms with van der Waals surface area (Å²) in [5.74, 6) is -0.201. The molecular formula is C18H22N2O3S. The van der Waals surface area contributed by atoms with Crippen molar-refractivity contribution < 1.29 is 14.4 Å². The molecule has 6 heteroatoms. The molecule has 1 heterocycles. The maximum Gasteiger partial charge on any atom is 0.262 e. The Labute approximate surface area is 146 Å². The van der Waals surface area contributed by atoms with Crippen LogP contribution < -0.4 is 5.32 Å². The SMILES string of the molecule is CSCCC(C(=O)NC1CCCC1)N1C(=O)c2ccccc2C1=O. The molecule has 24 heavy (non-hydrogen) atoms. The van der Waals surface area contributed by atoms with Crippen LogP contribution in [0.5, 0.6) is 0 Å². The van der Waals surface area contributed by atoms with Gasteiger partial charge in [-0.1, -0.05) is 25.0 Å². The van der Waals surface area contributed by atoms with Crippen LogP contribution in [0.3, 0.4) is 0 Å². The Morgan fingerprint density at radius 2 is 1.79 bits per heavy atom. The number of benzene rings is 1. The predicted molar refractivity (Wildman–Crippen MR) is 94.1 cm³/mol. The third-order valence-corrected chi connectivity index (χ3v) is 5.38. The van der Waals surface area contributed by atoms with Gasteiger partial charge in [-0.15, -0.1) is 0 Å². The monoisotopic (exact) mass is 346 g/mol. The summed E-state index contributed by atoms with van der Waals surface area (Å²) in [5, 5.41) is 3.04. The Bertz CT molecular complexity index is 620. The Morgan fingerprint density at radius 1 is 1.21 bits per heavy atom. The molecule has 3 amide bonds. The normalized spacial score (nSPS) is 18.8. The quantitative estimate of drug-likeness (QED) is 0.804. The lowest BCUT2D eigenvalue weighted by Crippen LogP contribution is -2.51.